The molecule has 0 radical (unpaired) electrons. The molecular formula is C11H15N3O5. The van der Waals surface area contributed by atoms with E-state index >= 15 is 0 Å². The first-order valence-corrected chi connectivity index (χ1v) is 5.53. The lowest BCUT2D eigenvalue weighted by Crippen LogP contribution is -2.41. The smallest absolute Gasteiger partial charge is 0.326 e. The zero-order valence-corrected chi connectivity index (χ0v) is 10.6. The van der Waals surface area contributed by atoms with Crippen molar-refractivity contribution < 1.29 is 24.2 Å². The molecule has 1 rings (SSSR count). The van der Waals surface area contributed by atoms with Crippen LogP contribution in [0.3, 0.4) is 0 Å². The van der Waals surface area contributed by atoms with Crippen LogP contribution in [-0.4, -0.2) is 45.9 Å². The maximum absolute atomic E-state index is 11.7. The third-order valence-electron chi connectivity index (χ3n) is 2.44. The van der Waals surface area contributed by atoms with Gasteiger partial charge < -0.3 is 15.2 Å². The van der Waals surface area contributed by atoms with Gasteiger partial charge in [0.25, 0.3) is 5.91 Å². The molecule has 104 valence electrons. The summed E-state index contributed by atoms with van der Waals surface area (Å²) in [6.45, 7) is 0. The van der Waals surface area contributed by atoms with Crippen LogP contribution in [0.1, 0.15) is 23.2 Å². The second-order valence-corrected chi connectivity index (χ2v) is 3.88. The molecule has 0 aromatic carbocycles. The molecule has 0 saturated carbocycles. The van der Waals surface area contributed by atoms with Gasteiger partial charge in [0.15, 0.2) is 0 Å². The summed E-state index contributed by atoms with van der Waals surface area (Å²) in [5, 5.41) is 15.1. The van der Waals surface area contributed by atoms with Gasteiger partial charge in [-0.2, -0.15) is 5.10 Å². The first-order chi connectivity index (χ1) is 8.93. The summed E-state index contributed by atoms with van der Waals surface area (Å²) in [6.07, 6.45) is 2.68. The molecule has 0 aliphatic carbocycles. The Balaban J connectivity index is 2.61. The number of methoxy groups -OCH3 is 1. The van der Waals surface area contributed by atoms with Crippen molar-refractivity contribution in [1.82, 2.24) is 15.1 Å². The van der Waals surface area contributed by atoms with Crippen LogP contribution < -0.4 is 5.32 Å². The monoisotopic (exact) mass is 269 g/mol. The Labute approximate surface area is 109 Å². The van der Waals surface area contributed by atoms with Crippen molar-refractivity contribution in [2.24, 2.45) is 7.05 Å². The molecular weight excluding hydrogens is 254 g/mol. The number of carbonyl (C=O) groups excluding carboxylic acids is 2. The molecule has 8 nitrogen and oxygen atoms in total. The number of rotatable bonds is 6. The van der Waals surface area contributed by atoms with Crippen LogP contribution in [0.15, 0.2) is 12.4 Å². The van der Waals surface area contributed by atoms with Crippen LogP contribution in [0.2, 0.25) is 0 Å². The Morgan fingerprint density at radius 3 is 2.68 bits per heavy atom. The molecule has 0 unspecified atom stereocenters. The SMILES string of the molecule is COC(=O)CC[C@H](NC(=O)c1cnn(C)c1)C(=O)O. The van der Waals surface area contributed by atoms with Crippen molar-refractivity contribution in [3.8, 4) is 0 Å². The van der Waals surface area contributed by atoms with Gasteiger partial charge in [-0.3, -0.25) is 14.3 Å². The molecule has 1 aromatic heterocycles. The van der Waals surface area contributed by atoms with Gasteiger partial charge >= 0.3 is 11.9 Å². The van der Waals surface area contributed by atoms with Crippen molar-refractivity contribution >= 4 is 17.8 Å². The molecule has 8 heteroatoms. The Morgan fingerprint density at radius 1 is 1.53 bits per heavy atom. The molecule has 1 amide bonds. The maximum Gasteiger partial charge on any atom is 0.326 e. The number of hydrogen-bond donors (Lipinski definition) is 2. The number of ether oxygens (including phenoxy) is 1. The number of aryl methyl sites for hydroxylation is 1. The van der Waals surface area contributed by atoms with E-state index in [0.29, 0.717) is 0 Å². The molecule has 0 fully saturated rings. The highest BCUT2D eigenvalue weighted by Gasteiger charge is 2.22. The Hall–Kier alpha value is -2.38. The molecule has 1 atom stereocenters. The zero-order chi connectivity index (χ0) is 14.4. The van der Waals surface area contributed by atoms with E-state index in [1.165, 1.54) is 24.2 Å². The molecule has 2 N–H and O–H groups in total. The average Bonchev–Trinajstić information content (AvgIpc) is 2.80. The third kappa shape index (κ3) is 4.41. The number of aliphatic carboxylic acids is 1. The topological polar surface area (TPSA) is 111 Å². The van der Waals surface area contributed by atoms with Crippen molar-refractivity contribution in [3.05, 3.63) is 18.0 Å². The fraction of sp³-hybridized carbons (Fsp3) is 0.455. The minimum atomic E-state index is -1.21. The molecule has 19 heavy (non-hydrogen) atoms. The van der Waals surface area contributed by atoms with Crippen molar-refractivity contribution in [2.45, 2.75) is 18.9 Å². The Bertz CT molecular complexity index is 482. The zero-order valence-electron chi connectivity index (χ0n) is 10.6. The second kappa shape index (κ2) is 6.53. The molecule has 0 saturated heterocycles. The van der Waals surface area contributed by atoms with E-state index in [0.717, 1.165) is 0 Å². The summed E-state index contributed by atoms with van der Waals surface area (Å²) in [7, 11) is 2.86. The third-order valence-corrected chi connectivity index (χ3v) is 2.44. The van der Waals surface area contributed by atoms with Crippen molar-refractivity contribution in [1.29, 1.82) is 0 Å². The van der Waals surface area contributed by atoms with Gasteiger partial charge in [-0.25, -0.2) is 4.79 Å². The first kappa shape index (κ1) is 14.7. The largest absolute Gasteiger partial charge is 0.480 e. The van der Waals surface area contributed by atoms with Crippen LogP contribution in [0.5, 0.6) is 0 Å². The summed E-state index contributed by atoms with van der Waals surface area (Å²) >= 11 is 0. The van der Waals surface area contributed by atoms with E-state index in [9.17, 15) is 14.4 Å². The highest BCUT2D eigenvalue weighted by atomic mass is 16.5. The molecule has 0 spiro atoms. The predicted molar refractivity (Wildman–Crippen MR) is 63.3 cm³/mol. The standard InChI is InChI=1S/C11H15N3O5/c1-14-6-7(5-12-14)10(16)13-8(11(17)18)3-4-9(15)19-2/h5-6,8H,3-4H2,1-2H3,(H,13,16)(H,17,18)/t8-/m0/s1. The quantitative estimate of drug-likeness (QED) is 0.677. The molecule has 1 aromatic rings. The summed E-state index contributed by atoms with van der Waals surface area (Å²) in [4.78, 5) is 33.7. The normalized spacial score (nSPS) is 11.7. The summed E-state index contributed by atoms with van der Waals surface area (Å²) < 4.78 is 5.85. The van der Waals surface area contributed by atoms with Crippen LogP contribution in [0.25, 0.3) is 0 Å². The van der Waals surface area contributed by atoms with Gasteiger partial charge in [0.1, 0.15) is 6.04 Å². The summed E-state index contributed by atoms with van der Waals surface area (Å²) in [5.41, 5.74) is 0.256. The summed E-state index contributed by atoms with van der Waals surface area (Å²) in [5.74, 6) is -2.28. The lowest BCUT2D eigenvalue weighted by molar-refractivity contribution is -0.142. The Kier molecular flexibility index (Phi) is 5.04. The minimum absolute atomic E-state index is 0.0337. The van der Waals surface area contributed by atoms with Crippen LogP contribution in [-0.2, 0) is 21.4 Å². The van der Waals surface area contributed by atoms with E-state index in [1.54, 1.807) is 7.05 Å². The highest BCUT2D eigenvalue weighted by molar-refractivity contribution is 5.96. The first-order valence-electron chi connectivity index (χ1n) is 5.53. The van der Waals surface area contributed by atoms with Gasteiger partial charge in [0.05, 0.1) is 18.9 Å². The minimum Gasteiger partial charge on any atom is -0.480 e. The maximum atomic E-state index is 11.7. The number of aromatic nitrogens is 2. The fourth-order valence-corrected chi connectivity index (χ4v) is 1.40. The Morgan fingerprint density at radius 2 is 2.21 bits per heavy atom. The summed E-state index contributed by atoms with van der Waals surface area (Å²) in [6, 6.07) is -1.15. The second-order valence-electron chi connectivity index (χ2n) is 3.88. The van der Waals surface area contributed by atoms with E-state index in [4.69, 9.17) is 5.11 Å². The van der Waals surface area contributed by atoms with E-state index in [-0.39, 0.29) is 18.4 Å². The molecule has 0 aliphatic rings. The van der Waals surface area contributed by atoms with Gasteiger partial charge in [0.2, 0.25) is 0 Å². The number of amides is 1. The highest BCUT2D eigenvalue weighted by Crippen LogP contribution is 2.03. The number of carboxylic acid groups (broad SMARTS) is 1. The molecule has 1 heterocycles. The number of hydrogen-bond acceptors (Lipinski definition) is 5. The number of carboxylic acids is 1. The van der Waals surface area contributed by atoms with E-state index < -0.39 is 23.9 Å². The molecule has 0 bridgehead atoms. The van der Waals surface area contributed by atoms with Gasteiger partial charge in [0, 0.05) is 19.7 Å². The van der Waals surface area contributed by atoms with Gasteiger partial charge in [-0.15, -0.1) is 0 Å². The van der Waals surface area contributed by atoms with Crippen LogP contribution in [0, 0.1) is 0 Å². The van der Waals surface area contributed by atoms with Crippen LogP contribution >= 0.6 is 0 Å². The average molecular weight is 269 g/mol. The van der Waals surface area contributed by atoms with E-state index in [1.807, 2.05) is 0 Å². The van der Waals surface area contributed by atoms with Gasteiger partial charge in [-0.05, 0) is 6.42 Å². The molecule has 0 aliphatic heterocycles. The fourth-order valence-electron chi connectivity index (χ4n) is 1.40. The van der Waals surface area contributed by atoms with E-state index in [2.05, 4.69) is 15.2 Å². The lowest BCUT2D eigenvalue weighted by Gasteiger charge is -2.13. The number of carbonyl (C=O) groups is 3. The lowest BCUT2D eigenvalue weighted by atomic mass is 10.1. The predicted octanol–water partition coefficient (Wildman–Crippen LogP) is -0.444. The number of esters is 1. The van der Waals surface area contributed by atoms with Crippen LogP contribution in [0.4, 0.5) is 0 Å². The van der Waals surface area contributed by atoms with Crippen molar-refractivity contribution in [3.63, 3.8) is 0 Å². The van der Waals surface area contributed by atoms with Crippen molar-refractivity contribution in [2.75, 3.05) is 7.11 Å². The number of nitrogens with zero attached hydrogens (tertiary/aromatic N) is 2. The van der Waals surface area contributed by atoms with Gasteiger partial charge in [-0.1, -0.05) is 0 Å². The number of nitrogens with one attached hydrogen (secondary N) is 1.